The molecule has 4 N–H and O–H groups in total. The summed E-state index contributed by atoms with van der Waals surface area (Å²) in [5.41, 5.74) is 11.4. The molecule has 2 rings (SSSR count). The molecular weight excluding hydrogens is 472 g/mol. The molecule has 0 unspecified atom stereocenters. The van der Waals surface area contributed by atoms with Crippen LogP contribution in [0.25, 0.3) is 0 Å². The highest BCUT2D eigenvalue weighted by Gasteiger charge is 2.25. The minimum atomic E-state index is -0.113. The summed E-state index contributed by atoms with van der Waals surface area (Å²) in [6.07, 6.45) is 0. The molecule has 0 aliphatic rings. The van der Waals surface area contributed by atoms with Crippen LogP contribution in [-0.4, -0.2) is 0 Å². The third-order valence-electron chi connectivity index (χ3n) is 2.72. The highest BCUT2D eigenvalue weighted by atomic mass is 35.5. The first-order chi connectivity index (χ1) is 10.6. The number of rotatable bonds is 2. The van der Waals surface area contributed by atoms with Gasteiger partial charge in [0.15, 0.2) is 11.5 Å². The van der Waals surface area contributed by atoms with Gasteiger partial charge in [-0.3, -0.25) is 0 Å². The molecule has 11 heteroatoms. The molecule has 0 aromatic heterocycles. The van der Waals surface area contributed by atoms with Crippen molar-refractivity contribution in [1.29, 1.82) is 0 Å². The van der Waals surface area contributed by atoms with Crippen molar-refractivity contribution in [2.24, 2.45) is 0 Å². The Morgan fingerprint density at radius 3 is 0.870 bits per heavy atom. The van der Waals surface area contributed by atoms with Gasteiger partial charge in [0.1, 0.15) is 20.1 Å². The Kier molecular flexibility index (Phi) is 6.09. The third kappa shape index (κ3) is 3.31. The van der Waals surface area contributed by atoms with Gasteiger partial charge in [-0.2, -0.15) is 0 Å². The molecule has 0 atom stereocenters. The lowest BCUT2D eigenvalue weighted by Gasteiger charge is -2.17. The normalized spacial score (nSPS) is 11.0. The first kappa shape index (κ1) is 19.5. The number of halogens is 8. The molecule has 0 heterocycles. The number of nitrogens with two attached hydrogens (primary N) is 2. The number of nitrogen functional groups attached to an aromatic ring is 2. The maximum Gasteiger partial charge on any atom is 0.167 e. The predicted molar refractivity (Wildman–Crippen MR) is 102 cm³/mol. The average molecular weight is 476 g/mol. The highest BCUT2D eigenvalue weighted by Crippen LogP contribution is 2.53. The van der Waals surface area contributed by atoms with Gasteiger partial charge in [-0.25, -0.2) is 0 Å². The summed E-state index contributed by atoms with van der Waals surface area (Å²) in [6, 6.07) is 0. The fraction of sp³-hybridized carbons (Fsp3) is 0. The van der Waals surface area contributed by atoms with Crippen LogP contribution in [0.5, 0.6) is 11.5 Å². The van der Waals surface area contributed by atoms with Crippen LogP contribution in [-0.2, 0) is 0 Å². The molecule has 0 aliphatic heterocycles. The Hall–Kier alpha value is 0.160. The van der Waals surface area contributed by atoms with Crippen LogP contribution in [0, 0.1) is 0 Å². The Balaban J connectivity index is 2.71. The van der Waals surface area contributed by atoms with E-state index in [0.717, 1.165) is 0 Å². The molecule has 2 aromatic rings. The minimum Gasteiger partial charge on any atom is -0.451 e. The van der Waals surface area contributed by atoms with Gasteiger partial charge < -0.3 is 16.2 Å². The maximum absolute atomic E-state index is 6.08. The zero-order valence-corrected chi connectivity index (χ0v) is 16.6. The van der Waals surface area contributed by atoms with Crippen LogP contribution < -0.4 is 16.2 Å². The quantitative estimate of drug-likeness (QED) is 0.343. The topological polar surface area (TPSA) is 61.3 Å². The van der Waals surface area contributed by atoms with Crippen LogP contribution in [0.4, 0.5) is 11.4 Å². The Morgan fingerprint density at radius 1 is 0.435 bits per heavy atom. The molecule has 2 aromatic carbocycles. The van der Waals surface area contributed by atoms with Crippen LogP contribution in [0.3, 0.4) is 0 Å². The van der Waals surface area contributed by atoms with E-state index in [-0.39, 0.29) is 63.1 Å². The van der Waals surface area contributed by atoms with E-state index in [9.17, 15) is 0 Å². The van der Waals surface area contributed by atoms with Crippen molar-refractivity contribution in [1.82, 2.24) is 0 Å². The molecule has 0 spiro atoms. The molecule has 0 amide bonds. The number of ether oxygens (including phenoxy) is 1. The van der Waals surface area contributed by atoms with E-state index >= 15 is 0 Å². The molecular formula is C12H4Cl8N2O. The Labute approximate surface area is 171 Å². The van der Waals surface area contributed by atoms with E-state index in [0.29, 0.717) is 0 Å². The van der Waals surface area contributed by atoms with E-state index in [1.807, 2.05) is 0 Å². The Morgan fingerprint density at radius 2 is 0.652 bits per heavy atom. The summed E-state index contributed by atoms with van der Waals surface area (Å²) < 4.78 is 5.56. The smallest absolute Gasteiger partial charge is 0.167 e. The zero-order chi connectivity index (χ0) is 17.6. The molecule has 0 saturated heterocycles. The summed E-state index contributed by atoms with van der Waals surface area (Å²) in [7, 11) is 0. The molecule has 0 saturated carbocycles. The van der Waals surface area contributed by atoms with Crippen molar-refractivity contribution >= 4 is 104 Å². The number of hydrogen-bond acceptors (Lipinski definition) is 3. The van der Waals surface area contributed by atoms with Crippen molar-refractivity contribution < 1.29 is 4.74 Å². The number of hydrogen-bond donors (Lipinski definition) is 2. The molecule has 0 radical (unpaired) electrons. The van der Waals surface area contributed by atoms with Gasteiger partial charge >= 0.3 is 0 Å². The molecule has 0 aliphatic carbocycles. The largest absolute Gasteiger partial charge is 0.451 e. The summed E-state index contributed by atoms with van der Waals surface area (Å²) in [6.45, 7) is 0. The van der Waals surface area contributed by atoms with E-state index in [4.69, 9.17) is 109 Å². The fourth-order valence-electron chi connectivity index (χ4n) is 1.54. The average Bonchev–Trinajstić information content (AvgIpc) is 2.54. The number of benzene rings is 2. The SMILES string of the molecule is Nc1c(Cl)c(Cl)c(Oc2c(Cl)c(Cl)c(N)c(Cl)c2Cl)c(Cl)c1Cl. The van der Waals surface area contributed by atoms with Gasteiger partial charge in [0.05, 0.1) is 31.5 Å². The lowest BCUT2D eigenvalue weighted by molar-refractivity contribution is 0.484. The van der Waals surface area contributed by atoms with Crippen molar-refractivity contribution in [3.8, 4) is 11.5 Å². The lowest BCUT2D eigenvalue weighted by atomic mass is 10.2. The van der Waals surface area contributed by atoms with Gasteiger partial charge in [-0.05, 0) is 0 Å². The lowest BCUT2D eigenvalue weighted by Crippen LogP contribution is -1.97. The monoisotopic (exact) mass is 472 g/mol. The third-order valence-corrected chi connectivity index (χ3v) is 6.12. The second-order valence-electron chi connectivity index (χ2n) is 4.10. The van der Waals surface area contributed by atoms with Gasteiger partial charge in [-0.1, -0.05) is 92.8 Å². The van der Waals surface area contributed by atoms with E-state index in [1.54, 1.807) is 0 Å². The first-order valence-electron chi connectivity index (χ1n) is 5.50. The Bertz CT molecular complexity index is 698. The van der Waals surface area contributed by atoms with Gasteiger partial charge in [0.2, 0.25) is 0 Å². The maximum atomic E-state index is 6.08. The van der Waals surface area contributed by atoms with E-state index < -0.39 is 0 Å². The molecule has 0 bridgehead atoms. The zero-order valence-electron chi connectivity index (χ0n) is 10.6. The summed E-state index contributed by atoms with van der Waals surface area (Å²) in [5, 5.41) is -0.534. The summed E-state index contributed by atoms with van der Waals surface area (Å²) in [5.74, 6) is -0.225. The first-order valence-corrected chi connectivity index (χ1v) is 8.52. The van der Waals surface area contributed by atoms with Crippen LogP contribution in [0.2, 0.25) is 40.2 Å². The van der Waals surface area contributed by atoms with Crippen molar-refractivity contribution in [2.45, 2.75) is 0 Å². The standard InChI is InChI=1S/C12H4Cl8N2O/c13-1-5(17)11(6(18)2(14)9(1)21)23-12-7(19)3(15)10(22)4(16)8(12)20/h21-22H2. The second-order valence-corrected chi connectivity index (χ2v) is 7.12. The molecule has 3 nitrogen and oxygen atoms in total. The summed E-state index contributed by atoms with van der Waals surface area (Å²) in [4.78, 5) is 0. The van der Waals surface area contributed by atoms with Crippen molar-refractivity contribution in [3.05, 3.63) is 40.2 Å². The number of anilines is 2. The van der Waals surface area contributed by atoms with E-state index in [1.165, 1.54) is 0 Å². The van der Waals surface area contributed by atoms with Crippen LogP contribution >= 0.6 is 92.8 Å². The van der Waals surface area contributed by atoms with Crippen molar-refractivity contribution in [2.75, 3.05) is 11.5 Å². The summed E-state index contributed by atoms with van der Waals surface area (Å²) >= 11 is 48.2. The molecule has 0 fully saturated rings. The van der Waals surface area contributed by atoms with Gasteiger partial charge in [0.25, 0.3) is 0 Å². The van der Waals surface area contributed by atoms with Crippen LogP contribution in [0.1, 0.15) is 0 Å². The predicted octanol–water partition coefficient (Wildman–Crippen LogP) is 7.87. The van der Waals surface area contributed by atoms with Crippen LogP contribution in [0.15, 0.2) is 0 Å². The van der Waals surface area contributed by atoms with Gasteiger partial charge in [-0.15, -0.1) is 0 Å². The van der Waals surface area contributed by atoms with E-state index in [2.05, 4.69) is 0 Å². The van der Waals surface area contributed by atoms with Crippen molar-refractivity contribution in [3.63, 3.8) is 0 Å². The van der Waals surface area contributed by atoms with Gasteiger partial charge in [0, 0.05) is 0 Å². The molecule has 23 heavy (non-hydrogen) atoms. The second kappa shape index (κ2) is 7.19. The highest BCUT2D eigenvalue weighted by molar-refractivity contribution is 6.52. The fourth-order valence-corrected chi connectivity index (χ4v) is 3.39. The minimum absolute atomic E-state index is 0.00116. The molecule has 124 valence electrons.